The van der Waals surface area contributed by atoms with Crippen molar-refractivity contribution < 1.29 is 0 Å². The molecule has 44 heavy (non-hydrogen) atoms. The van der Waals surface area contributed by atoms with Gasteiger partial charge >= 0.3 is 0 Å². The largest absolute Gasteiger partial charge is 0.365 e. The normalized spacial score (nSPS) is 20.2. The molecule has 3 heterocycles. The van der Waals surface area contributed by atoms with Crippen molar-refractivity contribution in [1.29, 1.82) is 0 Å². The van der Waals surface area contributed by atoms with E-state index >= 15 is 0 Å². The van der Waals surface area contributed by atoms with Crippen molar-refractivity contribution in [3.05, 3.63) is 103 Å². The minimum Gasteiger partial charge on any atom is -0.365 e. The Kier molecular flexibility index (Phi) is 6.24. The summed E-state index contributed by atoms with van der Waals surface area (Å²) in [5.74, 6) is 2.64. The lowest BCUT2D eigenvalue weighted by molar-refractivity contribution is 0.332. The first-order chi connectivity index (χ1) is 21.8. The molecule has 9 rings (SSSR count). The predicted octanol–water partition coefficient (Wildman–Crippen LogP) is 9.48. The van der Waals surface area contributed by atoms with Gasteiger partial charge in [0.1, 0.15) is 0 Å². The van der Waals surface area contributed by atoms with Gasteiger partial charge in [-0.1, -0.05) is 111 Å². The first kappa shape index (κ1) is 25.9. The molecule has 2 saturated carbocycles. The predicted molar refractivity (Wildman–Crippen MR) is 179 cm³/mol. The lowest BCUT2D eigenvalue weighted by Crippen LogP contribution is -2.44. The molecule has 218 valence electrons. The van der Waals surface area contributed by atoms with E-state index in [1.807, 2.05) is 36.4 Å². The molecular formula is C39H37N5. The SMILES string of the molecule is c1ccc(-c2nc(-c3ccccc3)nc(-n3c4ccccc4c4c5c(ccc43)N(C3CCCCC3)C3CCCC[C@@H]53)n2)cc1. The lowest BCUT2D eigenvalue weighted by Gasteiger charge is -2.40. The van der Waals surface area contributed by atoms with E-state index in [9.17, 15) is 0 Å². The van der Waals surface area contributed by atoms with Gasteiger partial charge in [-0.05, 0) is 49.4 Å². The number of para-hydroxylation sites is 1. The highest BCUT2D eigenvalue weighted by atomic mass is 15.2. The molecule has 3 aliphatic rings. The summed E-state index contributed by atoms with van der Waals surface area (Å²) in [7, 11) is 0. The molecule has 1 aliphatic heterocycles. The van der Waals surface area contributed by atoms with E-state index in [1.54, 1.807) is 5.56 Å². The van der Waals surface area contributed by atoms with Gasteiger partial charge in [-0.3, -0.25) is 4.57 Å². The second-order valence-corrected chi connectivity index (χ2v) is 12.9. The average molecular weight is 576 g/mol. The fourth-order valence-electron chi connectivity index (χ4n) is 8.58. The maximum atomic E-state index is 5.17. The van der Waals surface area contributed by atoms with Gasteiger partial charge in [0.05, 0.1) is 11.0 Å². The molecule has 0 bridgehead atoms. The molecule has 2 fully saturated rings. The van der Waals surface area contributed by atoms with Gasteiger partial charge < -0.3 is 4.90 Å². The Labute approximate surface area is 258 Å². The molecule has 5 heteroatoms. The van der Waals surface area contributed by atoms with Gasteiger partial charge in [0.15, 0.2) is 11.6 Å². The zero-order valence-corrected chi connectivity index (χ0v) is 25.1. The molecule has 6 aromatic rings. The van der Waals surface area contributed by atoms with Crippen molar-refractivity contribution in [2.75, 3.05) is 4.90 Å². The molecule has 5 nitrogen and oxygen atoms in total. The molecular weight excluding hydrogens is 538 g/mol. The molecule has 2 atom stereocenters. The Morgan fingerprint density at radius 1 is 0.545 bits per heavy atom. The van der Waals surface area contributed by atoms with Crippen molar-refractivity contribution in [2.45, 2.75) is 75.8 Å². The summed E-state index contributed by atoms with van der Waals surface area (Å²) in [4.78, 5) is 18.2. The highest BCUT2D eigenvalue weighted by molar-refractivity contribution is 6.13. The molecule has 2 aliphatic carbocycles. The number of benzene rings is 4. The fraction of sp³-hybridized carbons (Fsp3) is 0.308. The maximum absolute atomic E-state index is 5.17. The van der Waals surface area contributed by atoms with Crippen molar-refractivity contribution in [2.24, 2.45) is 0 Å². The molecule has 0 saturated heterocycles. The average Bonchev–Trinajstić information content (AvgIpc) is 3.62. The molecule has 0 amide bonds. The minimum atomic E-state index is 0.585. The molecule has 4 aromatic carbocycles. The van der Waals surface area contributed by atoms with Gasteiger partial charge in [-0.2, -0.15) is 9.97 Å². The minimum absolute atomic E-state index is 0.585. The van der Waals surface area contributed by atoms with E-state index < -0.39 is 0 Å². The number of hydrogen-bond acceptors (Lipinski definition) is 4. The number of fused-ring (bicyclic) bond motifs is 7. The van der Waals surface area contributed by atoms with Crippen molar-refractivity contribution >= 4 is 27.5 Å². The molecule has 2 aromatic heterocycles. The van der Waals surface area contributed by atoms with Crippen LogP contribution in [0.5, 0.6) is 0 Å². The standard InChI is InChI=1S/C39H37N5/c1-4-14-26(15-5-1)37-40-38(27-16-6-2-7-17-27)42-39(41-37)44-32-23-13-11-21-30(32)36-34(44)25-24-33-35(36)29-20-10-12-22-31(29)43(33)28-18-8-3-9-19-28/h1-2,4-7,11,13-17,21,23-25,28-29,31H,3,8-10,12,18-20,22H2/t29-,31?/m1/s1. The van der Waals surface area contributed by atoms with Crippen LogP contribution in [-0.2, 0) is 0 Å². The van der Waals surface area contributed by atoms with Crippen LogP contribution in [0.4, 0.5) is 5.69 Å². The quantitative estimate of drug-likeness (QED) is 0.210. The summed E-state index contributed by atoms with van der Waals surface area (Å²) < 4.78 is 2.30. The van der Waals surface area contributed by atoms with E-state index in [0.29, 0.717) is 35.6 Å². The molecule has 1 unspecified atom stereocenters. The third-order valence-electron chi connectivity index (χ3n) is 10.4. The summed E-state index contributed by atoms with van der Waals surface area (Å²) >= 11 is 0. The number of anilines is 1. The Balaban J connectivity index is 1.31. The van der Waals surface area contributed by atoms with Crippen LogP contribution in [0.1, 0.15) is 69.3 Å². The summed E-state index contributed by atoms with van der Waals surface area (Å²) in [6.07, 6.45) is 12.0. The molecule has 0 radical (unpaired) electrons. The van der Waals surface area contributed by atoms with E-state index in [4.69, 9.17) is 15.0 Å². The fourth-order valence-corrected chi connectivity index (χ4v) is 8.58. The second kappa shape index (κ2) is 10.6. The third-order valence-corrected chi connectivity index (χ3v) is 10.4. The third kappa shape index (κ3) is 4.09. The molecule has 0 N–H and O–H groups in total. The van der Waals surface area contributed by atoms with Gasteiger partial charge in [0.25, 0.3) is 0 Å². The van der Waals surface area contributed by atoms with E-state index in [-0.39, 0.29) is 0 Å². The first-order valence-electron chi connectivity index (χ1n) is 16.6. The van der Waals surface area contributed by atoms with Crippen LogP contribution in [0.15, 0.2) is 97.1 Å². The Bertz CT molecular complexity index is 1920. The monoisotopic (exact) mass is 575 g/mol. The zero-order valence-electron chi connectivity index (χ0n) is 25.1. The Hall–Kier alpha value is -4.51. The van der Waals surface area contributed by atoms with Crippen molar-refractivity contribution in [3.8, 4) is 28.7 Å². The van der Waals surface area contributed by atoms with Crippen molar-refractivity contribution in [3.63, 3.8) is 0 Å². The highest BCUT2D eigenvalue weighted by Gasteiger charge is 2.44. The maximum Gasteiger partial charge on any atom is 0.238 e. The topological polar surface area (TPSA) is 46.8 Å². The summed E-state index contributed by atoms with van der Waals surface area (Å²) in [5.41, 5.74) is 7.40. The highest BCUT2D eigenvalue weighted by Crippen LogP contribution is 2.54. The van der Waals surface area contributed by atoms with Gasteiger partial charge in [0, 0.05) is 45.6 Å². The van der Waals surface area contributed by atoms with Gasteiger partial charge in [0.2, 0.25) is 5.95 Å². The van der Waals surface area contributed by atoms with E-state index in [2.05, 4.69) is 70.1 Å². The van der Waals surface area contributed by atoms with Crippen LogP contribution in [0.2, 0.25) is 0 Å². The second-order valence-electron chi connectivity index (χ2n) is 12.9. The van der Waals surface area contributed by atoms with Crippen LogP contribution >= 0.6 is 0 Å². The summed E-state index contributed by atoms with van der Waals surface area (Å²) in [6.45, 7) is 0. The smallest absolute Gasteiger partial charge is 0.238 e. The first-order valence-corrected chi connectivity index (χ1v) is 16.6. The zero-order chi connectivity index (χ0) is 29.0. The van der Waals surface area contributed by atoms with Crippen LogP contribution in [0.25, 0.3) is 50.5 Å². The summed E-state index contributed by atoms with van der Waals surface area (Å²) in [5, 5.41) is 2.70. The van der Waals surface area contributed by atoms with E-state index in [0.717, 1.165) is 16.6 Å². The Morgan fingerprint density at radius 3 is 1.91 bits per heavy atom. The number of hydrogen-bond donors (Lipinski definition) is 0. The van der Waals surface area contributed by atoms with Gasteiger partial charge in [-0.15, -0.1) is 0 Å². The van der Waals surface area contributed by atoms with Crippen molar-refractivity contribution in [1.82, 2.24) is 19.5 Å². The number of nitrogens with zero attached hydrogens (tertiary/aromatic N) is 5. The molecule has 0 spiro atoms. The number of rotatable bonds is 4. The van der Waals surface area contributed by atoms with Crippen LogP contribution in [0.3, 0.4) is 0 Å². The summed E-state index contributed by atoms with van der Waals surface area (Å²) in [6, 6.07) is 35.5. The van der Waals surface area contributed by atoms with E-state index in [1.165, 1.54) is 79.8 Å². The number of aromatic nitrogens is 4. The lowest BCUT2D eigenvalue weighted by atomic mass is 9.80. The van der Waals surface area contributed by atoms with Crippen LogP contribution in [-0.4, -0.2) is 31.6 Å². The van der Waals surface area contributed by atoms with Gasteiger partial charge in [-0.25, -0.2) is 4.98 Å². The van der Waals surface area contributed by atoms with Crippen LogP contribution < -0.4 is 4.90 Å². The van der Waals surface area contributed by atoms with Crippen LogP contribution in [0, 0.1) is 0 Å². The Morgan fingerprint density at radius 2 is 1.18 bits per heavy atom.